The molecule has 0 bridgehead atoms. The second-order valence-electron chi connectivity index (χ2n) is 7.16. The van der Waals surface area contributed by atoms with Crippen LogP contribution in [0.3, 0.4) is 0 Å². The van der Waals surface area contributed by atoms with Gasteiger partial charge in [0.05, 0.1) is 0 Å². The monoisotopic (exact) mass is 376 g/mol. The maximum absolute atomic E-state index is 12.4. The van der Waals surface area contributed by atoms with Gasteiger partial charge in [-0.1, -0.05) is 31.0 Å². The van der Waals surface area contributed by atoms with E-state index in [1.807, 2.05) is 61.5 Å². The van der Waals surface area contributed by atoms with Crippen LogP contribution in [-0.4, -0.2) is 16.9 Å². The quantitative estimate of drug-likeness (QED) is 0.664. The van der Waals surface area contributed by atoms with Crippen molar-refractivity contribution in [1.82, 2.24) is 10.3 Å². The zero-order valence-electron chi connectivity index (χ0n) is 16.0. The Bertz CT molecular complexity index is 926. The summed E-state index contributed by atoms with van der Waals surface area (Å²) in [5, 5.41) is 3.11. The summed E-state index contributed by atoms with van der Waals surface area (Å²) in [5.41, 5.74) is 2.26. The topological polar surface area (TPSA) is 64.4 Å². The fourth-order valence-corrected chi connectivity index (χ4v) is 3.46. The lowest BCUT2D eigenvalue weighted by atomic mass is 10.1. The van der Waals surface area contributed by atoms with Gasteiger partial charge in [-0.25, -0.2) is 4.98 Å². The molecule has 1 aliphatic carbocycles. The Morgan fingerprint density at radius 2 is 1.82 bits per heavy atom. The smallest absolute Gasteiger partial charge is 0.251 e. The average molecular weight is 376 g/mol. The molecule has 4 rings (SSSR count). The van der Waals surface area contributed by atoms with Crippen molar-refractivity contribution in [2.24, 2.45) is 0 Å². The molecule has 3 aromatic rings. The molecule has 1 fully saturated rings. The molecular formula is C23H24N2O3. The highest BCUT2D eigenvalue weighted by Crippen LogP contribution is 2.24. The first kappa shape index (κ1) is 18.3. The van der Waals surface area contributed by atoms with Crippen LogP contribution in [0.1, 0.15) is 47.5 Å². The van der Waals surface area contributed by atoms with Gasteiger partial charge in [-0.3, -0.25) is 4.79 Å². The standard InChI is InChI=1S/C23H24N2O3/c1-16-21(15-27-20-9-3-2-4-10-20)25-23(28-16)18-13-11-17(12-14-18)22(26)24-19-7-5-6-8-19/h2-4,9-14,19H,5-8,15H2,1H3,(H,24,26). The number of amides is 1. The van der Waals surface area contributed by atoms with E-state index in [0.29, 0.717) is 24.1 Å². The van der Waals surface area contributed by atoms with Gasteiger partial charge in [-0.2, -0.15) is 0 Å². The van der Waals surface area contributed by atoms with E-state index in [2.05, 4.69) is 10.3 Å². The van der Waals surface area contributed by atoms with E-state index in [1.165, 1.54) is 12.8 Å². The summed E-state index contributed by atoms with van der Waals surface area (Å²) in [7, 11) is 0. The van der Waals surface area contributed by atoms with Crippen molar-refractivity contribution in [1.29, 1.82) is 0 Å². The zero-order chi connectivity index (χ0) is 19.3. The highest BCUT2D eigenvalue weighted by Gasteiger charge is 2.18. The maximum Gasteiger partial charge on any atom is 0.251 e. The third-order valence-corrected chi connectivity index (χ3v) is 5.10. The van der Waals surface area contributed by atoms with Crippen molar-refractivity contribution in [2.45, 2.75) is 45.3 Å². The largest absolute Gasteiger partial charge is 0.487 e. The predicted molar refractivity (Wildman–Crippen MR) is 107 cm³/mol. The number of rotatable bonds is 6. The summed E-state index contributed by atoms with van der Waals surface area (Å²) in [4.78, 5) is 16.9. The van der Waals surface area contributed by atoms with Crippen LogP contribution in [0.15, 0.2) is 59.0 Å². The van der Waals surface area contributed by atoms with Crippen LogP contribution in [0, 0.1) is 6.92 Å². The molecule has 0 spiro atoms. The first-order valence-electron chi connectivity index (χ1n) is 9.74. The van der Waals surface area contributed by atoms with Crippen molar-refractivity contribution < 1.29 is 13.9 Å². The summed E-state index contributed by atoms with van der Waals surface area (Å²) in [5.74, 6) is 2.05. The predicted octanol–water partition coefficient (Wildman–Crippen LogP) is 4.90. The highest BCUT2D eigenvalue weighted by molar-refractivity contribution is 5.94. The number of carbonyl (C=O) groups excluding carboxylic acids is 1. The SMILES string of the molecule is Cc1oc(-c2ccc(C(=O)NC3CCCC3)cc2)nc1COc1ccccc1. The number of nitrogens with zero attached hydrogens (tertiary/aromatic N) is 1. The molecule has 0 radical (unpaired) electrons. The van der Waals surface area contributed by atoms with Crippen LogP contribution in [0.4, 0.5) is 0 Å². The van der Waals surface area contributed by atoms with Gasteiger partial charge in [0.2, 0.25) is 5.89 Å². The Labute approximate surface area is 164 Å². The molecule has 28 heavy (non-hydrogen) atoms. The summed E-state index contributed by atoms with van der Waals surface area (Å²) in [6.45, 7) is 2.23. The number of hydrogen-bond acceptors (Lipinski definition) is 4. The Hall–Kier alpha value is -3.08. The van der Waals surface area contributed by atoms with Gasteiger partial charge in [0.25, 0.3) is 5.91 Å². The van der Waals surface area contributed by atoms with Gasteiger partial charge < -0.3 is 14.5 Å². The molecule has 1 saturated carbocycles. The van der Waals surface area contributed by atoms with E-state index in [0.717, 1.165) is 35.6 Å². The molecule has 5 heteroatoms. The lowest BCUT2D eigenvalue weighted by Gasteiger charge is -2.11. The first-order valence-corrected chi connectivity index (χ1v) is 9.74. The van der Waals surface area contributed by atoms with E-state index in [9.17, 15) is 4.79 Å². The van der Waals surface area contributed by atoms with E-state index < -0.39 is 0 Å². The number of hydrogen-bond donors (Lipinski definition) is 1. The Morgan fingerprint density at radius 1 is 1.11 bits per heavy atom. The van der Waals surface area contributed by atoms with E-state index in [-0.39, 0.29) is 5.91 Å². The molecule has 144 valence electrons. The summed E-state index contributed by atoms with van der Waals surface area (Å²) >= 11 is 0. The fraction of sp³-hybridized carbons (Fsp3) is 0.304. The first-order chi connectivity index (χ1) is 13.7. The fourth-order valence-electron chi connectivity index (χ4n) is 3.46. The number of aryl methyl sites for hydroxylation is 1. The minimum atomic E-state index is -0.0148. The normalized spacial score (nSPS) is 14.2. The Balaban J connectivity index is 1.42. The number of para-hydroxylation sites is 1. The molecule has 0 aliphatic heterocycles. The second-order valence-corrected chi connectivity index (χ2v) is 7.16. The van der Waals surface area contributed by atoms with Crippen molar-refractivity contribution in [2.75, 3.05) is 0 Å². The minimum Gasteiger partial charge on any atom is -0.487 e. The number of oxazole rings is 1. The highest BCUT2D eigenvalue weighted by atomic mass is 16.5. The van der Waals surface area contributed by atoms with E-state index in [4.69, 9.17) is 9.15 Å². The lowest BCUT2D eigenvalue weighted by Crippen LogP contribution is -2.32. The third-order valence-electron chi connectivity index (χ3n) is 5.10. The molecule has 0 unspecified atom stereocenters. The zero-order valence-corrected chi connectivity index (χ0v) is 16.0. The number of carbonyl (C=O) groups is 1. The number of ether oxygens (including phenoxy) is 1. The van der Waals surface area contributed by atoms with Crippen molar-refractivity contribution in [3.63, 3.8) is 0 Å². The van der Waals surface area contributed by atoms with Crippen molar-refractivity contribution in [3.05, 3.63) is 71.6 Å². The van der Waals surface area contributed by atoms with E-state index >= 15 is 0 Å². The number of aromatic nitrogens is 1. The van der Waals surface area contributed by atoms with Gasteiger partial charge in [0.15, 0.2) is 0 Å². The second kappa shape index (κ2) is 8.30. The molecule has 0 atom stereocenters. The van der Waals surface area contributed by atoms with Crippen LogP contribution in [0.2, 0.25) is 0 Å². The maximum atomic E-state index is 12.4. The van der Waals surface area contributed by atoms with Crippen LogP contribution < -0.4 is 10.1 Å². The molecule has 1 heterocycles. The van der Waals surface area contributed by atoms with Crippen LogP contribution in [-0.2, 0) is 6.61 Å². The molecule has 1 N–H and O–H groups in total. The molecule has 1 aromatic heterocycles. The molecule has 2 aromatic carbocycles. The lowest BCUT2D eigenvalue weighted by molar-refractivity contribution is 0.0938. The van der Waals surface area contributed by atoms with Crippen LogP contribution in [0.25, 0.3) is 11.5 Å². The van der Waals surface area contributed by atoms with E-state index in [1.54, 1.807) is 0 Å². The average Bonchev–Trinajstić information content (AvgIpc) is 3.37. The molecule has 1 amide bonds. The Kier molecular flexibility index (Phi) is 5.42. The molecule has 5 nitrogen and oxygen atoms in total. The molecular weight excluding hydrogens is 352 g/mol. The van der Waals surface area contributed by atoms with Gasteiger partial charge in [-0.05, 0) is 56.2 Å². The van der Waals surface area contributed by atoms with Crippen molar-refractivity contribution >= 4 is 5.91 Å². The summed E-state index contributed by atoms with van der Waals surface area (Å²) < 4.78 is 11.6. The van der Waals surface area contributed by atoms with Gasteiger partial charge in [0.1, 0.15) is 23.8 Å². The number of nitrogens with one attached hydrogen (secondary N) is 1. The summed E-state index contributed by atoms with van der Waals surface area (Å²) in [6.07, 6.45) is 4.55. The third kappa shape index (κ3) is 4.25. The van der Waals surface area contributed by atoms with Crippen LogP contribution in [0.5, 0.6) is 5.75 Å². The van der Waals surface area contributed by atoms with Crippen LogP contribution >= 0.6 is 0 Å². The van der Waals surface area contributed by atoms with Gasteiger partial charge in [-0.15, -0.1) is 0 Å². The minimum absolute atomic E-state index is 0.0148. The molecule has 1 aliphatic rings. The number of benzene rings is 2. The summed E-state index contributed by atoms with van der Waals surface area (Å²) in [6, 6.07) is 17.3. The molecule has 0 saturated heterocycles. The van der Waals surface area contributed by atoms with Gasteiger partial charge in [0, 0.05) is 17.2 Å². The Morgan fingerprint density at radius 3 is 2.54 bits per heavy atom. The van der Waals surface area contributed by atoms with Crippen molar-refractivity contribution in [3.8, 4) is 17.2 Å². The van der Waals surface area contributed by atoms with Gasteiger partial charge >= 0.3 is 0 Å².